The molecule has 0 saturated carbocycles. The molecule has 0 spiro atoms. The summed E-state index contributed by atoms with van der Waals surface area (Å²) in [6.07, 6.45) is 0.0445. The molecule has 0 atom stereocenters. The van der Waals surface area contributed by atoms with Gasteiger partial charge < -0.3 is 0 Å². The molecule has 0 aliphatic heterocycles. The van der Waals surface area contributed by atoms with Gasteiger partial charge in [0.05, 0.1) is 0 Å². The maximum atomic E-state index is 13.7. The number of sulfonamides is 2. The van der Waals surface area contributed by atoms with E-state index in [0.29, 0.717) is 0 Å². The van der Waals surface area contributed by atoms with E-state index in [1.165, 1.54) is 12.1 Å². The Kier molecular flexibility index (Phi) is 7.17. The third kappa shape index (κ3) is 5.84. The first kappa shape index (κ1) is 22.0. The summed E-state index contributed by atoms with van der Waals surface area (Å²) < 4.78 is 79.8. The lowest BCUT2D eigenvalue weighted by Crippen LogP contribution is -2.30. The summed E-state index contributed by atoms with van der Waals surface area (Å²) in [4.78, 5) is -1.15. The predicted molar refractivity (Wildman–Crippen MR) is 97.8 cm³/mol. The van der Waals surface area contributed by atoms with Crippen molar-refractivity contribution in [3.05, 3.63) is 58.1 Å². The van der Waals surface area contributed by atoms with Crippen molar-refractivity contribution in [1.29, 1.82) is 0 Å². The summed E-state index contributed by atoms with van der Waals surface area (Å²) in [6.45, 7) is -0.341. The van der Waals surface area contributed by atoms with Crippen molar-refractivity contribution >= 4 is 43.2 Å². The molecule has 27 heavy (non-hydrogen) atoms. The highest BCUT2D eigenvalue weighted by Gasteiger charge is 2.20. The third-order valence-corrected chi connectivity index (χ3v) is 6.76. The largest absolute Gasteiger partial charge is 0.243 e. The van der Waals surface area contributed by atoms with Gasteiger partial charge in [-0.05, 0) is 42.8 Å². The van der Waals surface area contributed by atoms with Crippen molar-refractivity contribution in [1.82, 2.24) is 9.44 Å². The van der Waals surface area contributed by atoms with Gasteiger partial charge in [0.25, 0.3) is 0 Å². The SMILES string of the molecule is O=S(=O)(NCCCNS(=O)(=O)c1ccc(Cl)cc1F)c1ccc(Cl)cc1F. The molecule has 0 aromatic heterocycles. The maximum Gasteiger partial charge on any atom is 0.243 e. The number of hydrogen-bond donors (Lipinski definition) is 2. The average molecular weight is 459 g/mol. The van der Waals surface area contributed by atoms with E-state index in [2.05, 4.69) is 9.44 Å². The number of hydrogen-bond acceptors (Lipinski definition) is 4. The van der Waals surface area contributed by atoms with Gasteiger partial charge in [-0.1, -0.05) is 23.2 Å². The van der Waals surface area contributed by atoms with Gasteiger partial charge in [-0.2, -0.15) is 0 Å². The minimum atomic E-state index is -4.12. The van der Waals surface area contributed by atoms with Crippen LogP contribution in [0, 0.1) is 11.6 Å². The highest BCUT2D eigenvalue weighted by Crippen LogP contribution is 2.19. The molecule has 0 heterocycles. The van der Waals surface area contributed by atoms with Gasteiger partial charge in [0, 0.05) is 23.1 Å². The molecule has 0 aliphatic rings. The van der Waals surface area contributed by atoms with Crippen LogP contribution in [-0.4, -0.2) is 29.9 Å². The van der Waals surface area contributed by atoms with Gasteiger partial charge in [-0.25, -0.2) is 35.1 Å². The first-order valence-electron chi connectivity index (χ1n) is 7.42. The molecular formula is C15H14Cl2F2N2O4S2. The fraction of sp³-hybridized carbons (Fsp3) is 0.200. The van der Waals surface area contributed by atoms with Gasteiger partial charge in [0.1, 0.15) is 21.4 Å². The molecule has 0 amide bonds. The van der Waals surface area contributed by atoms with Gasteiger partial charge in [0.15, 0.2) is 0 Å². The number of nitrogens with one attached hydrogen (secondary N) is 2. The van der Waals surface area contributed by atoms with Crippen LogP contribution in [0.4, 0.5) is 8.78 Å². The molecule has 6 nitrogen and oxygen atoms in total. The molecular weight excluding hydrogens is 445 g/mol. The zero-order chi connectivity index (χ0) is 20.2. The normalized spacial score (nSPS) is 12.3. The summed E-state index contributed by atoms with van der Waals surface area (Å²) in [5, 5.41) is 0.102. The van der Waals surface area contributed by atoms with Gasteiger partial charge in [0.2, 0.25) is 20.0 Å². The van der Waals surface area contributed by atoms with Crippen LogP contribution in [-0.2, 0) is 20.0 Å². The van der Waals surface area contributed by atoms with E-state index in [1.807, 2.05) is 0 Å². The second-order valence-electron chi connectivity index (χ2n) is 5.30. The Balaban J connectivity index is 1.91. The van der Waals surface area contributed by atoms with Crippen molar-refractivity contribution in [2.75, 3.05) is 13.1 Å². The number of benzene rings is 2. The van der Waals surface area contributed by atoms with Crippen molar-refractivity contribution in [3.63, 3.8) is 0 Å². The maximum absolute atomic E-state index is 13.7. The fourth-order valence-corrected chi connectivity index (χ4v) is 4.62. The molecule has 2 rings (SSSR count). The van der Waals surface area contributed by atoms with Gasteiger partial charge >= 0.3 is 0 Å². The monoisotopic (exact) mass is 458 g/mol. The molecule has 12 heteroatoms. The average Bonchev–Trinajstić information content (AvgIpc) is 2.53. The zero-order valence-corrected chi connectivity index (χ0v) is 16.7. The van der Waals surface area contributed by atoms with Crippen LogP contribution in [0.3, 0.4) is 0 Å². The van der Waals surface area contributed by atoms with E-state index in [4.69, 9.17) is 23.2 Å². The Morgan fingerprint density at radius 3 is 1.44 bits per heavy atom. The second kappa shape index (κ2) is 8.80. The van der Waals surface area contributed by atoms with Crippen molar-refractivity contribution in [2.24, 2.45) is 0 Å². The van der Waals surface area contributed by atoms with E-state index in [9.17, 15) is 25.6 Å². The molecule has 148 valence electrons. The van der Waals surface area contributed by atoms with Gasteiger partial charge in [-0.3, -0.25) is 0 Å². The number of halogens is 4. The standard InChI is InChI=1S/C15H14Cl2F2N2O4S2/c16-10-2-4-14(12(18)8-10)26(22,23)20-6-1-7-21-27(24,25)15-5-3-11(17)9-13(15)19/h2-5,8-9,20-21H,1,6-7H2. The quantitative estimate of drug-likeness (QED) is 0.594. The van der Waals surface area contributed by atoms with E-state index >= 15 is 0 Å². The van der Waals surface area contributed by atoms with Crippen LogP contribution in [0.25, 0.3) is 0 Å². The Labute approximate surface area is 165 Å². The van der Waals surface area contributed by atoms with Crippen LogP contribution < -0.4 is 9.44 Å². The molecule has 0 saturated heterocycles. The Hall–Kier alpha value is -1.30. The summed E-state index contributed by atoms with van der Waals surface area (Å²) in [6, 6.07) is 6.23. The topological polar surface area (TPSA) is 92.3 Å². The predicted octanol–water partition coefficient (Wildman–Crippen LogP) is 2.92. The molecule has 0 aliphatic carbocycles. The minimum Gasteiger partial charge on any atom is -0.211 e. The molecule has 2 aromatic rings. The van der Waals surface area contributed by atoms with Crippen LogP contribution in [0.1, 0.15) is 6.42 Å². The summed E-state index contributed by atoms with van der Waals surface area (Å²) in [5.41, 5.74) is 0. The Morgan fingerprint density at radius 1 is 0.741 bits per heavy atom. The van der Waals surface area contributed by atoms with Crippen molar-refractivity contribution < 1.29 is 25.6 Å². The highest BCUT2D eigenvalue weighted by molar-refractivity contribution is 7.89. The summed E-state index contributed by atoms with van der Waals surface area (Å²) in [7, 11) is -8.25. The number of rotatable bonds is 8. The summed E-state index contributed by atoms with van der Waals surface area (Å²) in [5.74, 6) is -2.01. The molecule has 0 unspecified atom stereocenters. The molecule has 0 radical (unpaired) electrons. The lowest BCUT2D eigenvalue weighted by molar-refractivity contribution is 0.551. The first-order chi connectivity index (χ1) is 12.5. The lowest BCUT2D eigenvalue weighted by atomic mass is 10.3. The summed E-state index contributed by atoms with van der Waals surface area (Å²) >= 11 is 11.1. The molecule has 2 N–H and O–H groups in total. The fourth-order valence-electron chi connectivity index (χ4n) is 2.04. The Morgan fingerprint density at radius 2 is 1.11 bits per heavy atom. The molecule has 2 aromatic carbocycles. The molecule has 0 bridgehead atoms. The third-order valence-electron chi connectivity index (χ3n) is 3.30. The highest BCUT2D eigenvalue weighted by atomic mass is 35.5. The first-order valence-corrected chi connectivity index (χ1v) is 11.1. The zero-order valence-electron chi connectivity index (χ0n) is 13.5. The van der Waals surface area contributed by atoms with Gasteiger partial charge in [-0.15, -0.1) is 0 Å². The minimum absolute atomic E-state index is 0.0445. The Bertz CT molecular complexity index is 964. The van der Waals surface area contributed by atoms with Crippen LogP contribution in [0.15, 0.2) is 46.2 Å². The van der Waals surface area contributed by atoms with E-state index in [-0.39, 0.29) is 29.6 Å². The van der Waals surface area contributed by atoms with Crippen molar-refractivity contribution in [3.8, 4) is 0 Å². The van der Waals surface area contributed by atoms with Crippen LogP contribution >= 0.6 is 23.2 Å². The van der Waals surface area contributed by atoms with E-state index in [1.54, 1.807) is 0 Å². The van der Waals surface area contributed by atoms with Crippen LogP contribution in [0.5, 0.6) is 0 Å². The molecule has 0 fully saturated rings. The smallest absolute Gasteiger partial charge is 0.211 e. The van der Waals surface area contributed by atoms with E-state index in [0.717, 1.165) is 24.3 Å². The lowest BCUT2D eigenvalue weighted by Gasteiger charge is -2.10. The van der Waals surface area contributed by atoms with Crippen molar-refractivity contribution in [2.45, 2.75) is 16.2 Å². The second-order valence-corrected chi connectivity index (χ2v) is 9.64. The van der Waals surface area contributed by atoms with Crippen LogP contribution in [0.2, 0.25) is 10.0 Å². The van der Waals surface area contributed by atoms with E-state index < -0.39 is 41.5 Å².